The molecular formula is C18H27N3O3. The van der Waals surface area contributed by atoms with Crippen molar-refractivity contribution in [2.75, 3.05) is 44.8 Å². The van der Waals surface area contributed by atoms with E-state index in [2.05, 4.69) is 27.7 Å². The van der Waals surface area contributed by atoms with E-state index in [1.165, 1.54) is 37.9 Å². The van der Waals surface area contributed by atoms with Crippen LogP contribution >= 0.6 is 0 Å². The van der Waals surface area contributed by atoms with Crippen LogP contribution in [-0.2, 0) is 16.0 Å². The van der Waals surface area contributed by atoms with Crippen molar-refractivity contribution in [2.24, 2.45) is 0 Å². The molecule has 3 rings (SSSR count). The summed E-state index contributed by atoms with van der Waals surface area (Å²) < 4.78 is 10.8. The molecule has 0 aliphatic carbocycles. The molecule has 2 aliphatic heterocycles. The molecule has 0 radical (unpaired) electrons. The van der Waals surface area contributed by atoms with Gasteiger partial charge >= 0.3 is 6.03 Å². The zero-order valence-electron chi connectivity index (χ0n) is 14.1. The second-order valence-electron chi connectivity index (χ2n) is 6.44. The SMILES string of the molecule is O=C(NC[C@H]1COCCO1)Nc1cccc(CN2CCCCC2)c1. The number of urea groups is 1. The van der Waals surface area contributed by atoms with Crippen molar-refractivity contribution < 1.29 is 14.3 Å². The molecule has 2 fully saturated rings. The monoisotopic (exact) mass is 333 g/mol. The van der Waals surface area contributed by atoms with E-state index in [0.29, 0.717) is 26.4 Å². The summed E-state index contributed by atoms with van der Waals surface area (Å²) in [6.07, 6.45) is 3.85. The molecule has 1 aromatic rings. The molecule has 1 aromatic carbocycles. The molecule has 6 nitrogen and oxygen atoms in total. The van der Waals surface area contributed by atoms with Gasteiger partial charge in [0.15, 0.2) is 0 Å². The number of ether oxygens (including phenoxy) is 2. The van der Waals surface area contributed by atoms with Crippen LogP contribution in [0.25, 0.3) is 0 Å². The third-order valence-corrected chi connectivity index (χ3v) is 4.41. The van der Waals surface area contributed by atoms with Crippen LogP contribution in [0.5, 0.6) is 0 Å². The Labute approximate surface area is 143 Å². The van der Waals surface area contributed by atoms with Crippen LogP contribution in [0.3, 0.4) is 0 Å². The van der Waals surface area contributed by atoms with E-state index in [1.54, 1.807) is 0 Å². The lowest BCUT2D eigenvalue weighted by molar-refractivity contribution is -0.0852. The molecule has 0 saturated carbocycles. The quantitative estimate of drug-likeness (QED) is 0.867. The average Bonchev–Trinajstić information content (AvgIpc) is 2.62. The average molecular weight is 333 g/mol. The number of anilines is 1. The number of benzene rings is 1. The minimum absolute atomic E-state index is 0.0602. The third-order valence-electron chi connectivity index (χ3n) is 4.41. The van der Waals surface area contributed by atoms with Gasteiger partial charge in [-0.05, 0) is 43.6 Å². The molecule has 0 unspecified atom stereocenters. The summed E-state index contributed by atoms with van der Waals surface area (Å²) in [4.78, 5) is 14.5. The molecule has 2 aliphatic rings. The maximum atomic E-state index is 12.0. The summed E-state index contributed by atoms with van der Waals surface area (Å²) in [7, 11) is 0. The number of rotatable bonds is 5. The van der Waals surface area contributed by atoms with Crippen LogP contribution in [0.1, 0.15) is 24.8 Å². The smallest absolute Gasteiger partial charge is 0.319 e. The number of carbonyl (C=O) groups is 1. The van der Waals surface area contributed by atoms with Gasteiger partial charge in [0.05, 0.1) is 25.9 Å². The minimum atomic E-state index is -0.209. The number of nitrogens with one attached hydrogen (secondary N) is 2. The predicted octanol–water partition coefficient (Wildman–Crippen LogP) is 2.21. The van der Waals surface area contributed by atoms with E-state index in [0.717, 1.165) is 12.2 Å². The van der Waals surface area contributed by atoms with E-state index in [-0.39, 0.29) is 12.1 Å². The summed E-state index contributed by atoms with van der Waals surface area (Å²) >= 11 is 0. The van der Waals surface area contributed by atoms with Gasteiger partial charge in [0.1, 0.15) is 0 Å². The van der Waals surface area contributed by atoms with Gasteiger partial charge in [-0.3, -0.25) is 4.90 Å². The van der Waals surface area contributed by atoms with E-state index < -0.39 is 0 Å². The van der Waals surface area contributed by atoms with E-state index in [9.17, 15) is 4.79 Å². The molecule has 2 amide bonds. The van der Waals surface area contributed by atoms with Crippen molar-refractivity contribution in [3.63, 3.8) is 0 Å². The molecular weight excluding hydrogens is 306 g/mol. The Bertz CT molecular complexity index is 526. The molecule has 6 heteroatoms. The molecule has 24 heavy (non-hydrogen) atoms. The van der Waals surface area contributed by atoms with Gasteiger partial charge in [0.2, 0.25) is 0 Å². The minimum Gasteiger partial charge on any atom is -0.376 e. The molecule has 2 heterocycles. The number of amides is 2. The Balaban J connectivity index is 1.45. The maximum absolute atomic E-state index is 12.0. The Morgan fingerprint density at radius 2 is 2.08 bits per heavy atom. The normalized spacial score (nSPS) is 22.1. The molecule has 2 saturated heterocycles. The highest BCUT2D eigenvalue weighted by Gasteiger charge is 2.15. The van der Waals surface area contributed by atoms with Gasteiger partial charge in [0.25, 0.3) is 0 Å². The fourth-order valence-electron chi connectivity index (χ4n) is 3.16. The van der Waals surface area contributed by atoms with Crippen LogP contribution in [0.15, 0.2) is 24.3 Å². The van der Waals surface area contributed by atoms with Crippen LogP contribution in [0.2, 0.25) is 0 Å². The number of nitrogens with zero attached hydrogens (tertiary/aromatic N) is 1. The van der Waals surface area contributed by atoms with Gasteiger partial charge < -0.3 is 20.1 Å². The fraction of sp³-hybridized carbons (Fsp3) is 0.611. The first-order chi connectivity index (χ1) is 11.8. The molecule has 0 spiro atoms. The zero-order chi connectivity index (χ0) is 16.6. The summed E-state index contributed by atoms with van der Waals surface area (Å²) in [6.45, 7) is 5.50. The van der Waals surface area contributed by atoms with E-state index in [4.69, 9.17) is 9.47 Å². The summed E-state index contributed by atoms with van der Waals surface area (Å²) in [5, 5.41) is 5.73. The molecule has 132 valence electrons. The number of hydrogen-bond donors (Lipinski definition) is 2. The maximum Gasteiger partial charge on any atom is 0.319 e. The highest BCUT2D eigenvalue weighted by atomic mass is 16.6. The fourth-order valence-corrected chi connectivity index (χ4v) is 3.16. The highest BCUT2D eigenvalue weighted by molar-refractivity contribution is 5.89. The van der Waals surface area contributed by atoms with Gasteiger partial charge in [-0.2, -0.15) is 0 Å². The van der Waals surface area contributed by atoms with E-state index >= 15 is 0 Å². The van der Waals surface area contributed by atoms with Crippen molar-refractivity contribution in [2.45, 2.75) is 31.9 Å². The number of likely N-dealkylation sites (tertiary alicyclic amines) is 1. The lowest BCUT2D eigenvalue weighted by atomic mass is 10.1. The van der Waals surface area contributed by atoms with Crippen molar-refractivity contribution in [1.29, 1.82) is 0 Å². The Morgan fingerprint density at radius 1 is 1.21 bits per heavy atom. The summed E-state index contributed by atoms with van der Waals surface area (Å²) in [6, 6.07) is 7.87. The first-order valence-corrected chi connectivity index (χ1v) is 8.85. The van der Waals surface area contributed by atoms with E-state index in [1.807, 2.05) is 12.1 Å². The lowest BCUT2D eigenvalue weighted by Crippen LogP contribution is -2.41. The van der Waals surface area contributed by atoms with Crippen LogP contribution < -0.4 is 10.6 Å². The van der Waals surface area contributed by atoms with Crippen molar-refractivity contribution in [1.82, 2.24) is 10.2 Å². The number of hydrogen-bond acceptors (Lipinski definition) is 4. The number of piperidine rings is 1. The van der Waals surface area contributed by atoms with Crippen LogP contribution in [-0.4, -0.2) is 56.5 Å². The Morgan fingerprint density at radius 3 is 2.88 bits per heavy atom. The molecule has 2 N–H and O–H groups in total. The second kappa shape index (κ2) is 9.01. The largest absolute Gasteiger partial charge is 0.376 e. The van der Waals surface area contributed by atoms with Crippen LogP contribution in [0.4, 0.5) is 10.5 Å². The first-order valence-electron chi connectivity index (χ1n) is 8.85. The van der Waals surface area contributed by atoms with Crippen molar-refractivity contribution >= 4 is 11.7 Å². The summed E-state index contributed by atoms with van der Waals surface area (Å²) in [5.74, 6) is 0. The third kappa shape index (κ3) is 5.47. The number of carbonyl (C=O) groups excluding carboxylic acids is 1. The standard InChI is InChI=1S/C18H27N3O3/c22-18(19-12-17-14-23-9-10-24-17)20-16-6-4-5-15(11-16)13-21-7-2-1-3-8-21/h4-6,11,17H,1-3,7-10,12-14H2,(H2,19,20,22)/t17-/m0/s1. The topological polar surface area (TPSA) is 62.8 Å². The zero-order valence-corrected chi connectivity index (χ0v) is 14.1. The van der Waals surface area contributed by atoms with Crippen LogP contribution in [0, 0.1) is 0 Å². The molecule has 1 atom stereocenters. The van der Waals surface area contributed by atoms with Gasteiger partial charge in [-0.25, -0.2) is 4.79 Å². The highest BCUT2D eigenvalue weighted by Crippen LogP contribution is 2.16. The van der Waals surface area contributed by atoms with Gasteiger partial charge in [0, 0.05) is 18.8 Å². The van der Waals surface area contributed by atoms with Crippen molar-refractivity contribution in [3.8, 4) is 0 Å². The van der Waals surface area contributed by atoms with Gasteiger partial charge in [-0.15, -0.1) is 0 Å². The Kier molecular flexibility index (Phi) is 6.46. The molecule has 0 bridgehead atoms. The first kappa shape index (κ1) is 17.2. The molecule has 0 aromatic heterocycles. The second-order valence-corrected chi connectivity index (χ2v) is 6.44. The predicted molar refractivity (Wildman–Crippen MR) is 93.2 cm³/mol. The summed E-state index contributed by atoms with van der Waals surface area (Å²) in [5.41, 5.74) is 2.06. The lowest BCUT2D eigenvalue weighted by Gasteiger charge is -2.26. The Hall–Kier alpha value is -1.63. The van der Waals surface area contributed by atoms with Crippen molar-refractivity contribution in [3.05, 3.63) is 29.8 Å². The van der Waals surface area contributed by atoms with Gasteiger partial charge in [-0.1, -0.05) is 18.6 Å².